The van der Waals surface area contributed by atoms with Crippen LogP contribution in [-0.2, 0) is 18.0 Å². The first kappa shape index (κ1) is 29.8. The lowest BCUT2D eigenvalue weighted by molar-refractivity contribution is -0.112. The maximum absolute atomic E-state index is 12.6. The van der Waals surface area contributed by atoms with Crippen molar-refractivity contribution in [3.8, 4) is 23.3 Å². The predicted octanol–water partition coefficient (Wildman–Crippen LogP) is 8.75. The monoisotopic (exact) mass is 606 g/mol. The van der Waals surface area contributed by atoms with Gasteiger partial charge in [0.25, 0.3) is 5.91 Å². The Labute approximate surface area is 253 Å². The molecule has 0 radical (unpaired) electrons. The Morgan fingerprint density at radius 3 is 2.17 bits per heavy atom. The lowest BCUT2D eigenvalue weighted by Gasteiger charge is -2.15. The number of benzene rings is 4. The molecule has 4 aromatic carbocycles. The van der Waals surface area contributed by atoms with Crippen molar-refractivity contribution in [2.24, 2.45) is 0 Å². The summed E-state index contributed by atoms with van der Waals surface area (Å²) in [7, 11) is 0. The highest BCUT2D eigenvalue weighted by Gasteiger charge is 2.14. The molecule has 0 heterocycles. The number of halogens is 3. The fourth-order valence-corrected chi connectivity index (χ4v) is 4.51. The summed E-state index contributed by atoms with van der Waals surface area (Å²) in [6.45, 7) is 2.96. The van der Waals surface area contributed by atoms with E-state index in [1.807, 2.05) is 61.5 Å². The van der Waals surface area contributed by atoms with Crippen molar-refractivity contribution < 1.29 is 19.0 Å². The fraction of sp³-hybridized carbons (Fsp3) is 0.125. The van der Waals surface area contributed by atoms with Crippen LogP contribution < -0.4 is 19.5 Å². The van der Waals surface area contributed by atoms with Crippen LogP contribution in [0.1, 0.15) is 23.6 Å². The maximum Gasteiger partial charge on any atom is 0.266 e. The number of carbonyl (C=O) groups excluding carboxylic acids is 1. The Morgan fingerprint density at radius 1 is 0.829 bits per heavy atom. The first-order valence-electron chi connectivity index (χ1n) is 12.6. The number of nitrogens with zero attached hydrogens (tertiary/aromatic N) is 1. The largest absolute Gasteiger partial charge is 0.490 e. The standard InChI is InChI=1S/C32H25Cl3N2O4/c1-2-39-30-17-22(8-13-29(30)40-19-21-6-4-3-5-7-21)20-41-31-27(34)15-23(16-28(31)35)14-24(18-36)32(38)37-26-11-9-25(33)10-12-26/h3-17H,2,19-20H2,1H3,(H,37,38)/b24-14-. The second kappa shape index (κ2) is 14.5. The highest BCUT2D eigenvalue weighted by Crippen LogP contribution is 2.36. The lowest BCUT2D eigenvalue weighted by Crippen LogP contribution is -2.13. The molecule has 0 bridgehead atoms. The zero-order chi connectivity index (χ0) is 29.2. The molecule has 4 rings (SSSR count). The molecule has 9 heteroatoms. The van der Waals surface area contributed by atoms with Gasteiger partial charge >= 0.3 is 0 Å². The van der Waals surface area contributed by atoms with Gasteiger partial charge in [-0.2, -0.15) is 5.26 Å². The fourth-order valence-electron chi connectivity index (χ4n) is 3.77. The van der Waals surface area contributed by atoms with Crippen molar-refractivity contribution in [1.82, 2.24) is 0 Å². The summed E-state index contributed by atoms with van der Waals surface area (Å²) in [5.74, 6) is 0.920. The molecule has 0 atom stereocenters. The first-order valence-corrected chi connectivity index (χ1v) is 13.7. The van der Waals surface area contributed by atoms with Crippen LogP contribution in [0.3, 0.4) is 0 Å². The van der Waals surface area contributed by atoms with E-state index in [0.717, 1.165) is 11.1 Å². The Morgan fingerprint density at radius 2 is 1.51 bits per heavy atom. The van der Waals surface area contributed by atoms with E-state index in [1.54, 1.807) is 36.4 Å². The van der Waals surface area contributed by atoms with Crippen LogP contribution in [0, 0.1) is 11.3 Å². The van der Waals surface area contributed by atoms with Crippen molar-refractivity contribution in [1.29, 1.82) is 5.26 Å². The van der Waals surface area contributed by atoms with Crippen LogP contribution >= 0.6 is 34.8 Å². The zero-order valence-corrected chi connectivity index (χ0v) is 24.3. The highest BCUT2D eigenvalue weighted by molar-refractivity contribution is 6.37. The molecule has 0 spiro atoms. The number of anilines is 1. The Bertz CT molecular complexity index is 1560. The maximum atomic E-state index is 12.6. The Balaban J connectivity index is 1.44. The van der Waals surface area contributed by atoms with Crippen molar-refractivity contribution in [3.63, 3.8) is 0 Å². The Hall–Kier alpha value is -4.15. The average Bonchev–Trinajstić information content (AvgIpc) is 2.97. The van der Waals surface area contributed by atoms with Gasteiger partial charge in [0.2, 0.25) is 0 Å². The highest BCUT2D eigenvalue weighted by atomic mass is 35.5. The molecule has 0 unspecified atom stereocenters. The minimum absolute atomic E-state index is 0.126. The summed E-state index contributed by atoms with van der Waals surface area (Å²) >= 11 is 18.8. The number of ether oxygens (including phenoxy) is 3. The van der Waals surface area contributed by atoms with Crippen molar-refractivity contribution in [2.75, 3.05) is 11.9 Å². The summed E-state index contributed by atoms with van der Waals surface area (Å²) < 4.78 is 17.7. The third-order valence-corrected chi connectivity index (χ3v) is 6.54. The minimum Gasteiger partial charge on any atom is -0.490 e. The molecule has 0 fully saturated rings. The summed E-state index contributed by atoms with van der Waals surface area (Å²) in [5, 5.41) is 13.2. The van der Waals surface area contributed by atoms with Gasteiger partial charge in [0.1, 0.15) is 24.9 Å². The normalized spacial score (nSPS) is 11.0. The molecule has 0 aromatic heterocycles. The van der Waals surface area contributed by atoms with E-state index in [4.69, 9.17) is 49.0 Å². The zero-order valence-electron chi connectivity index (χ0n) is 22.0. The number of hydrogen-bond acceptors (Lipinski definition) is 5. The number of nitriles is 1. The second-order valence-corrected chi connectivity index (χ2v) is 9.97. The van der Waals surface area contributed by atoms with Gasteiger partial charge in [-0.3, -0.25) is 4.79 Å². The molecule has 0 aliphatic carbocycles. The van der Waals surface area contributed by atoms with E-state index in [2.05, 4.69) is 5.32 Å². The van der Waals surface area contributed by atoms with Gasteiger partial charge in [-0.05, 0) is 78.2 Å². The molecule has 0 aliphatic rings. The Kier molecular flexibility index (Phi) is 10.5. The van der Waals surface area contributed by atoms with Gasteiger partial charge in [-0.15, -0.1) is 0 Å². The molecule has 1 amide bonds. The van der Waals surface area contributed by atoms with E-state index in [9.17, 15) is 10.1 Å². The van der Waals surface area contributed by atoms with Crippen molar-refractivity contribution in [2.45, 2.75) is 20.1 Å². The SMILES string of the molecule is CCOc1cc(COc2c(Cl)cc(/C=C(/C#N)C(=O)Nc3ccc(Cl)cc3)cc2Cl)ccc1OCc1ccccc1. The average molecular weight is 608 g/mol. The smallest absolute Gasteiger partial charge is 0.266 e. The van der Waals surface area contributed by atoms with Crippen LogP contribution in [0.15, 0.2) is 90.5 Å². The molecular weight excluding hydrogens is 583 g/mol. The van der Waals surface area contributed by atoms with Crippen LogP contribution in [0.2, 0.25) is 15.1 Å². The van der Waals surface area contributed by atoms with Gasteiger partial charge in [-0.1, -0.05) is 71.2 Å². The van der Waals surface area contributed by atoms with E-state index in [1.165, 1.54) is 6.08 Å². The molecule has 0 saturated carbocycles. The summed E-state index contributed by atoms with van der Waals surface area (Å²) in [5.41, 5.74) is 2.72. The summed E-state index contributed by atoms with van der Waals surface area (Å²) in [4.78, 5) is 12.6. The lowest BCUT2D eigenvalue weighted by atomic mass is 10.1. The molecule has 1 N–H and O–H groups in total. The quantitative estimate of drug-likeness (QED) is 0.136. The van der Waals surface area contributed by atoms with Gasteiger partial charge in [0.15, 0.2) is 17.2 Å². The van der Waals surface area contributed by atoms with Gasteiger partial charge in [0.05, 0.1) is 16.7 Å². The second-order valence-electron chi connectivity index (χ2n) is 8.72. The molecule has 41 heavy (non-hydrogen) atoms. The molecule has 208 valence electrons. The number of rotatable bonds is 11. The van der Waals surface area contributed by atoms with Gasteiger partial charge in [-0.25, -0.2) is 0 Å². The number of amides is 1. The molecule has 6 nitrogen and oxygen atoms in total. The van der Waals surface area contributed by atoms with E-state index in [0.29, 0.717) is 41.0 Å². The first-order chi connectivity index (χ1) is 19.9. The summed E-state index contributed by atoms with van der Waals surface area (Å²) in [6, 6.07) is 27.0. The summed E-state index contributed by atoms with van der Waals surface area (Å²) in [6.07, 6.45) is 1.40. The topological polar surface area (TPSA) is 80.6 Å². The van der Waals surface area contributed by atoms with Gasteiger partial charge in [0, 0.05) is 10.7 Å². The molecular formula is C32H25Cl3N2O4. The van der Waals surface area contributed by atoms with E-state index < -0.39 is 5.91 Å². The number of hydrogen-bond donors (Lipinski definition) is 1. The van der Waals surface area contributed by atoms with Crippen LogP contribution in [-0.4, -0.2) is 12.5 Å². The van der Waals surface area contributed by atoms with E-state index >= 15 is 0 Å². The molecule has 4 aromatic rings. The number of nitrogens with one attached hydrogen (secondary N) is 1. The van der Waals surface area contributed by atoms with Crippen LogP contribution in [0.4, 0.5) is 5.69 Å². The minimum atomic E-state index is -0.580. The number of carbonyl (C=O) groups is 1. The van der Waals surface area contributed by atoms with Crippen molar-refractivity contribution >= 4 is 52.5 Å². The molecule has 0 aliphatic heterocycles. The molecule has 0 saturated heterocycles. The third-order valence-electron chi connectivity index (χ3n) is 5.73. The van der Waals surface area contributed by atoms with Crippen LogP contribution in [0.25, 0.3) is 6.08 Å². The van der Waals surface area contributed by atoms with Crippen LogP contribution in [0.5, 0.6) is 17.2 Å². The van der Waals surface area contributed by atoms with Gasteiger partial charge < -0.3 is 19.5 Å². The predicted molar refractivity (Wildman–Crippen MR) is 163 cm³/mol. The van der Waals surface area contributed by atoms with E-state index in [-0.39, 0.29) is 28.0 Å². The third kappa shape index (κ3) is 8.42. The van der Waals surface area contributed by atoms with Crippen molar-refractivity contribution in [3.05, 3.63) is 122 Å².